The molecule has 1 aliphatic rings. The zero-order chi connectivity index (χ0) is 24.3. The van der Waals surface area contributed by atoms with Crippen LogP contribution in [0.5, 0.6) is 0 Å². The lowest BCUT2D eigenvalue weighted by atomic mass is 10.0. The van der Waals surface area contributed by atoms with Gasteiger partial charge in [-0.3, -0.25) is 4.79 Å². The van der Waals surface area contributed by atoms with Crippen LogP contribution in [-0.4, -0.2) is 30.9 Å². The van der Waals surface area contributed by atoms with Crippen molar-refractivity contribution < 1.29 is 28.5 Å². The molecule has 0 spiro atoms. The Hall–Kier alpha value is -3.45. The van der Waals surface area contributed by atoms with Crippen LogP contribution < -0.4 is 0 Å². The van der Waals surface area contributed by atoms with Crippen LogP contribution in [0.4, 0.5) is 0 Å². The minimum atomic E-state index is -0.651. The maximum Gasteiger partial charge on any atom is 0.307 e. The number of rotatable bonds is 11. The molecule has 0 aliphatic carbocycles. The Bertz CT molecular complexity index is 1070. The van der Waals surface area contributed by atoms with Crippen molar-refractivity contribution >= 4 is 5.97 Å². The molecule has 1 aliphatic heterocycles. The van der Waals surface area contributed by atoms with Crippen molar-refractivity contribution in [2.45, 2.75) is 45.1 Å². The summed E-state index contributed by atoms with van der Waals surface area (Å²) in [6.07, 6.45) is -0.228. The lowest BCUT2D eigenvalue weighted by molar-refractivity contribution is -0.172. The summed E-state index contributed by atoms with van der Waals surface area (Å²) < 4.78 is 30.0. The van der Waals surface area contributed by atoms with Gasteiger partial charge in [0.25, 0.3) is 0 Å². The fraction of sp³-hybridized carbons (Fsp3) is 0.276. The summed E-state index contributed by atoms with van der Waals surface area (Å²) >= 11 is 0. The van der Waals surface area contributed by atoms with Gasteiger partial charge in [0.1, 0.15) is 18.5 Å². The van der Waals surface area contributed by atoms with Crippen molar-refractivity contribution in [2.75, 3.05) is 6.61 Å². The SMILES string of the molecule is CC(=O)OC1=CO[C@H](COCc2ccccc2)[C@@H](OCc2ccccc2)[C@@H]1OCc1ccccc1. The lowest BCUT2D eigenvalue weighted by Crippen LogP contribution is -2.48. The second-order valence-electron chi connectivity index (χ2n) is 8.27. The maximum absolute atomic E-state index is 11.8. The Morgan fingerprint density at radius 1 is 0.743 bits per heavy atom. The summed E-state index contributed by atoms with van der Waals surface area (Å²) in [5, 5.41) is 0. The van der Waals surface area contributed by atoms with Crippen LogP contribution in [0.25, 0.3) is 0 Å². The maximum atomic E-state index is 11.8. The normalized spacial score (nSPS) is 19.5. The third-order valence-corrected chi connectivity index (χ3v) is 5.52. The van der Waals surface area contributed by atoms with Gasteiger partial charge in [-0.15, -0.1) is 0 Å². The van der Waals surface area contributed by atoms with Crippen LogP contribution in [0.2, 0.25) is 0 Å². The molecular weight excluding hydrogens is 444 g/mol. The summed E-state index contributed by atoms with van der Waals surface area (Å²) in [6.45, 7) is 2.76. The summed E-state index contributed by atoms with van der Waals surface area (Å²) in [4.78, 5) is 11.8. The number of benzene rings is 3. The molecule has 6 heteroatoms. The highest BCUT2D eigenvalue weighted by Gasteiger charge is 2.40. The molecule has 0 aromatic heterocycles. The molecule has 0 radical (unpaired) electrons. The highest BCUT2D eigenvalue weighted by Crippen LogP contribution is 2.28. The van der Waals surface area contributed by atoms with Gasteiger partial charge < -0.3 is 23.7 Å². The standard InChI is InChI=1S/C29H30O6/c1-22(30)35-27-21-32-26(20-31-17-23-11-5-2-6-12-23)28(33-18-24-13-7-3-8-14-24)29(27)34-19-25-15-9-4-10-16-25/h2-16,21,26,28-29H,17-20H2,1H3/t26-,28-,29-/m1/s1. The average Bonchev–Trinajstić information content (AvgIpc) is 2.89. The van der Waals surface area contributed by atoms with Gasteiger partial charge in [0.05, 0.1) is 26.4 Å². The van der Waals surface area contributed by atoms with Crippen molar-refractivity contribution in [3.8, 4) is 0 Å². The van der Waals surface area contributed by atoms with Gasteiger partial charge in [-0.05, 0) is 16.7 Å². The van der Waals surface area contributed by atoms with E-state index in [1.807, 2.05) is 91.0 Å². The number of carbonyl (C=O) groups excluding carboxylic acids is 1. The molecule has 3 aromatic rings. The third kappa shape index (κ3) is 7.52. The summed E-state index contributed by atoms with van der Waals surface area (Å²) in [5.41, 5.74) is 3.08. The zero-order valence-electron chi connectivity index (χ0n) is 19.7. The predicted octanol–water partition coefficient (Wildman–Crippen LogP) is 5.18. The Labute approximate surface area is 206 Å². The van der Waals surface area contributed by atoms with Crippen LogP contribution in [0.15, 0.2) is 103 Å². The van der Waals surface area contributed by atoms with E-state index in [4.69, 9.17) is 23.7 Å². The molecule has 0 unspecified atom stereocenters. The van der Waals surface area contributed by atoms with Gasteiger partial charge >= 0.3 is 5.97 Å². The second-order valence-corrected chi connectivity index (χ2v) is 8.27. The van der Waals surface area contributed by atoms with Crippen LogP contribution in [-0.2, 0) is 48.3 Å². The van der Waals surface area contributed by atoms with E-state index in [0.717, 1.165) is 16.7 Å². The van der Waals surface area contributed by atoms with E-state index in [0.29, 0.717) is 19.8 Å². The van der Waals surface area contributed by atoms with E-state index in [1.54, 1.807) is 0 Å². The summed E-state index contributed by atoms with van der Waals surface area (Å²) in [5.74, 6) is -0.167. The molecule has 35 heavy (non-hydrogen) atoms. The van der Waals surface area contributed by atoms with Crippen molar-refractivity contribution in [3.05, 3.63) is 120 Å². The fourth-order valence-electron chi connectivity index (χ4n) is 3.80. The smallest absolute Gasteiger partial charge is 0.307 e. The molecule has 182 valence electrons. The van der Waals surface area contributed by atoms with Crippen LogP contribution in [0.1, 0.15) is 23.6 Å². The number of esters is 1. The molecule has 0 amide bonds. The number of hydrogen-bond acceptors (Lipinski definition) is 6. The molecule has 0 saturated heterocycles. The van der Waals surface area contributed by atoms with E-state index in [9.17, 15) is 4.79 Å². The first-order chi connectivity index (χ1) is 17.2. The summed E-state index contributed by atoms with van der Waals surface area (Å²) in [6, 6.07) is 29.6. The minimum Gasteiger partial charge on any atom is -0.489 e. The van der Waals surface area contributed by atoms with Gasteiger partial charge in [0.2, 0.25) is 0 Å². The average molecular weight is 475 g/mol. The van der Waals surface area contributed by atoms with Crippen molar-refractivity contribution in [1.29, 1.82) is 0 Å². The van der Waals surface area contributed by atoms with Gasteiger partial charge in [-0.25, -0.2) is 0 Å². The van der Waals surface area contributed by atoms with E-state index in [2.05, 4.69) is 0 Å². The summed E-state index contributed by atoms with van der Waals surface area (Å²) in [7, 11) is 0. The Balaban J connectivity index is 1.51. The molecule has 0 N–H and O–H groups in total. The molecule has 4 rings (SSSR count). The Morgan fingerprint density at radius 3 is 1.80 bits per heavy atom. The Morgan fingerprint density at radius 2 is 1.26 bits per heavy atom. The highest BCUT2D eigenvalue weighted by molar-refractivity contribution is 5.67. The molecule has 0 saturated carbocycles. The van der Waals surface area contributed by atoms with E-state index >= 15 is 0 Å². The lowest BCUT2D eigenvalue weighted by Gasteiger charge is -2.37. The van der Waals surface area contributed by atoms with E-state index in [-0.39, 0.29) is 12.4 Å². The van der Waals surface area contributed by atoms with E-state index < -0.39 is 24.3 Å². The number of hydrogen-bond donors (Lipinski definition) is 0. The van der Waals surface area contributed by atoms with Gasteiger partial charge in [-0.2, -0.15) is 0 Å². The first kappa shape index (κ1) is 24.7. The molecule has 6 nitrogen and oxygen atoms in total. The fourth-order valence-corrected chi connectivity index (χ4v) is 3.80. The second kappa shape index (κ2) is 12.9. The molecule has 1 heterocycles. The van der Waals surface area contributed by atoms with Gasteiger partial charge in [-0.1, -0.05) is 91.0 Å². The predicted molar refractivity (Wildman–Crippen MR) is 131 cm³/mol. The minimum absolute atomic E-state index is 0.281. The van der Waals surface area contributed by atoms with Crippen LogP contribution >= 0.6 is 0 Å². The first-order valence-electron chi connectivity index (χ1n) is 11.7. The van der Waals surface area contributed by atoms with Crippen LogP contribution in [0.3, 0.4) is 0 Å². The first-order valence-corrected chi connectivity index (χ1v) is 11.7. The number of ether oxygens (including phenoxy) is 5. The monoisotopic (exact) mass is 474 g/mol. The largest absolute Gasteiger partial charge is 0.489 e. The van der Waals surface area contributed by atoms with Crippen molar-refractivity contribution in [2.24, 2.45) is 0 Å². The third-order valence-electron chi connectivity index (χ3n) is 5.52. The molecular formula is C29H30O6. The van der Waals surface area contributed by atoms with E-state index in [1.165, 1.54) is 13.2 Å². The van der Waals surface area contributed by atoms with Gasteiger partial charge in [0, 0.05) is 6.92 Å². The Kier molecular flexibility index (Phi) is 9.06. The van der Waals surface area contributed by atoms with Crippen LogP contribution in [0, 0.1) is 0 Å². The van der Waals surface area contributed by atoms with Crippen molar-refractivity contribution in [1.82, 2.24) is 0 Å². The molecule has 3 aromatic carbocycles. The molecule has 0 bridgehead atoms. The number of carbonyl (C=O) groups is 1. The van der Waals surface area contributed by atoms with Gasteiger partial charge in [0.15, 0.2) is 11.9 Å². The molecule has 0 fully saturated rings. The molecule has 3 atom stereocenters. The topological polar surface area (TPSA) is 63.2 Å². The van der Waals surface area contributed by atoms with Crippen molar-refractivity contribution in [3.63, 3.8) is 0 Å². The zero-order valence-corrected chi connectivity index (χ0v) is 19.7. The highest BCUT2D eigenvalue weighted by atomic mass is 16.6. The quantitative estimate of drug-likeness (QED) is 0.357.